The largest absolute Gasteiger partial charge is 0.507 e. The van der Waals surface area contributed by atoms with E-state index in [4.69, 9.17) is 14.2 Å². The van der Waals surface area contributed by atoms with Gasteiger partial charge < -0.3 is 34.6 Å². The molecule has 0 bridgehead atoms. The molecule has 1 spiro atoms. The van der Waals surface area contributed by atoms with Crippen molar-refractivity contribution in [3.63, 3.8) is 0 Å². The Bertz CT molecular complexity index is 929. The summed E-state index contributed by atoms with van der Waals surface area (Å²) < 4.78 is 16.9. The third kappa shape index (κ3) is 4.84. The number of aldehydes is 1. The lowest BCUT2D eigenvalue weighted by Gasteiger charge is -2.39. The first-order valence-corrected chi connectivity index (χ1v) is 12.2. The molecule has 196 valence electrons. The summed E-state index contributed by atoms with van der Waals surface area (Å²) in [6.45, 7) is 9.46. The summed E-state index contributed by atoms with van der Waals surface area (Å²) >= 11 is 0. The van der Waals surface area contributed by atoms with Crippen molar-refractivity contribution in [2.75, 3.05) is 7.11 Å². The van der Waals surface area contributed by atoms with Crippen LogP contribution in [0.3, 0.4) is 0 Å². The van der Waals surface area contributed by atoms with Crippen molar-refractivity contribution in [1.29, 1.82) is 0 Å². The molecular weight excluding hydrogens is 456 g/mol. The average Bonchev–Trinajstić information content (AvgIpc) is 3.53. The predicted octanol–water partition coefficient (Wildman–Crippen LogP) is 3.11. The molecule has 2 aliphatic rings. The van der Waals surface area contributed by atoms with Crippen molar-refractivity contribution in [2.45, 2.75) is 90.2 Å². The van der Waals surface area contributed by atoms with Gasteiger partial charge in [0.25, 0.3) is 0 Å². The molecule has 1 aromatic rings. The van der Waals surface area contributed by atoms with Crippen LogP contribution < -0.4 is 0 Å². The van der Waals surface area contributed by atoms with Gasteiger partial charge in [-0.1, -0.05) is 34.6 Å². The molecule has 0 aromatic heterocycles. The highest BCUT2D eigenvalue weighted by Gasteiger charge is 2.68. The second-order valence-electron chi connectivity index (χ2n) is 10.4. The number of epoxide rings is 1. The number of ketones is 1. The number of hydrogen-bond acceptors (Lipinski definition) is 9. The summed E-state index contributed by atoms with van der Waals surface area (Å²) in [6.07, 6.45) is -2.92. The molecule has 1 unspecified atom stereocenters. The average molecular weight is 495 g/mol. The Morgan fingerprint density at radius 1 is 1.23 bits per heavy atom. The molecule has 3 rings (SSSR count). The Kier molecular flexibility index (Phi) is 8.28. The zero-order valence-electron chi connectivity index (χ0n) is 21.2. The van der Waals surface area contributed by atoms with Crippen LogP contribution in [0.2, 0.25) is 0 Å². The molecule has 2 aliphatic heterocycles. The van der Waals surface area contributed by atoms with Gasteiger partial charge in [0.15, 0.2) is 24.0 Å². The number of aromatic hydroxyl groups is 2. The third-order valence-corrected chi connectivity index (χ3v) is 7.23. The van der Waals surface area contributed by atoms with E-state index in [-0.39, 0.29) is 35.5 Å². The molecule has 9 nitrogen and oxygen atoms in total. The zero-order chi connectivity index (χ0) is 26.2. The second-order valence-corrected chi connectivity index (χ2v) is 10.4. The number of carbonyl (C=O) groups is 2. The minimum Gasteiger partial charge on any atom is -0.507 e. The fraction of sp³-hybridized carbons (Fsp3) is 0.692. The summed E-state index contributed by atoms with van der Waals surface area (Å²) in [7, 11) is 1.46. The molecular formula is C26H38O9. The number of carbonyl (C=O) groups excluding carboxylic acids is 2. The van der Waals surface area contributed by atoms with Gasteiger partial charge in [-0.2, -0.15) is 0 Å². The monoisotopic (exact) mass is 494 g/mol. The van der Waals surface area contributed by atoms with Gasteiger partial charge in [0.05, 0.1) is 35.5 Å². The van der Waals surface area contributed by atoms with Crippen molar-refractivity contribution >= 4 is 12.1 Å². The molecule has 7 atom stereocenters. The maximum absolute atomic E-state index is 13.9. The zero-order valence-corrected chi connectivity index (χ0v) is 21.2. The lowest BCUT2D eigenvalue weighted by atomic mass is 9.78. The smallest absolute Gasteiger partial charge is 0.189 e. The molecule has 0 amide bonds. The number of rotatable bonds is 10. The normalized spacial score (nSPS) is 30.0. The highest BCUT2D eigenvalue weighted by molar-refractivity contribution is 6.04. The van der Waals surface area contributed by atoms with Crippen LogP contribution in [-0.2, 0) is 14.2 Å². The SMILES string of the molecule is CC[C@@H]1O[C@@]12[C@H](O)C[C@H]([C@H](CC(C)C)C(=O)c1cc(C(OC)C(C)C)c(O)c(C=O)c1O)O[C@H]2O. The number of Topliss-reactive ketones (excluding diaryl/α,β-unsaturated/α-hetero) is 1. The maximum atomic E-state index is 13.9. The minimum atomic E-state index is -1.41. The molecule has 2 fully saturated rings. The van der Waals surface area contributed by atoms with E-state index in [1.807, 2.05) is 34.6 Å². The molecule has 2 heterocycles. The van der Waals surface area contributed by atoms with Crippen LogP contribution in [0.15, 0.2) is 6.07 Å². The number of ether oxygens (including phenoxy) is 3. The van der Waals surface area contributed by atoms with E-state index < -0.39 is 59.0 Å². The number of phenolic OH excluding ortho intramolecular Hbond substituents is 2. The number of aliphatic hydroxyl groups is 2. The maximum Gasteiger partial charge on any atom is 0.189 e. The van der Waals surface area contributed by atoms with E-state index >= 15 is 0 Å². The Labute approximate surface area is 206 Å². The van der Waals surface area contributed by atoms with Crippen molar-refractivity contribution in [1.82, 2.24) is 0 Å². The van der Waals surface area contributed by atoms with Crippen LogP contribution in [-0.4, -0.2) is 69.8 Å². The summed E-state index contributed by atoms with van der Waals surface area (Å²) in [6, 6.07) is 1.36. The van der Waals surface area contributed by atoms with Gasteiger partial charge in [0, 0.05) is 25.0 Å². The summed E-state index contributed by atoms with van der Waals surface area (Å²) in [5.74, 6) is -2.46. The van der Waals surface area contributed by atoms with E-state index in [0.717, 1.165) is 0 Å². The van der Waals surface area contributed by atoms with Crippen LogP contribution in [0.1, 0.15) is 86.3 Å². The van der Waals surface area contributed by atoms with Gasteiger partial charge in [-0.25, -0.2) is 0 Å². The van der Waals surface area contributed by atoms with Gasteiger partial charge >= 0.3 is 0 Å². The van der Waals surface area contributed by atoms with Crippen LogP contribution >= 0.6 is 0 Å². The Morgan fingerprint density at radius 2 is 1.89 bits per heavy atom. The van der Waals surface area contributed by atoms with E-state index in [1.54, 1.807) is 0 Å². The van der Waals surface area contributed by atoms with Crippen LogP contribution in [0, 0.1) is 17.8 Å². The van der Waals surface area contributed by atoms with Crippen LogP contribution in [0.4, 0.5) is 0 Å². The quantitative estimate of drug-likeness (QED) is 0.219. The molecule has 1 aromatic carbocycles. The Hall–Kier alpha value is -2.04. The Balaban J connectivity index is 2.02. The summed E-state index contributed by atoms with van der Waals surface area (Å²) in [5.41, 5.74) is -1.50. The minimum absolute atomic E-state index is 0.0462. The van der Waals surface area contributed by atoms with Crippen molar-refractivity contribution < 1.29 is 44.2 Å². The number of hydrogen-bond donors (Lipinski definition) is 4. The first-order valence-electron chi connectivity index (χ1n) is 12.2. The Morgan fingerprint density at radius 3 is 2.34 bits per heavy atom. The predicted molar refractivity (Wildman–Crippen MR) is 126 cm³/mol. The number of methoxy groups -OCH3 is 1. The third-order valence-electron chi connectivity index (χ3n) is 7.23. The molecule has 2 saturated heterocycles. The number of phenols is 2. The van der Waals surface area contributed by atoms with E-state index in [2.05, 4.69) is 0 Å². The van der Waals surface area contributed by atoms with E-state index in [9.17, 15) is 30.0 Å². The van der Waals surface area contributed by atoms with Gasteiger partial charge in [0.1, 0.15) is 11.5 Å². The highest BCUT2D eigenvalue weighted by Crippen LogP contribution is 2.51. The van der Waals surface area contributed by atoms with E-state index in [1.165, 1.54) is 13.2 Å². The fourth-order valence-electron chi connectivity index (χ4n) is 5.40. The molecule has 0 saturated carbocycles. The standard InChI is InChI=1S/C26H38O9/c1-7-20-26(35-20)19(28)10-18(34-25(26)32)14(8-12(2)3)21(29)15-9-16(24(33-6)13(4)5)23(31)17(11-27)22(15)30/h9,11-14,18-20,24-25,28,30-32H,7-8,10H2,1-6H3/t14-,18+,19+,20-,24?,25+,26-/m0/s1. The highest BCUT2D eigenvalue weighted by atomic mass is 16.7. The lowest BCUT2D eigenvalue weighted by Crippen LogP contribution is -2.55. The lowest BCUT2D eigenvalue weighted by molar-refractivity contribution is -0.239. The van der Waals surface area contributed by atoms with Crippen molar-refractivity contribution in [3.05, 3.63) is 22.8 Å². The van der Waals surface area contributed by atoms with Gasteiger partial charge in [0.2, 0.25) is 0 Å². The van der Waals surface area contributed by atoms with Gasteiger partial charge in [-0.05, 0) is 30.7 Å². The fourth-order valence-corrected chi connectivity index (χ4v) is 5.40. The second kappa shape index (κ2) is 10.5. The number of benzene rings is 1. The first-order chi connectivity index (χ1) is 16.4. The molecule has 4 N–H and O–H groups in total. The van der Waals surface area contributed by atoms with Crippen molar-refractivity contribution in [2.24, 2.45) is 17.8 Å². The van der Waals surface area contributed by atoms with Crippen LogP contribution in [0.25, 0.3) is 0 Å². The topological polar surface area (TPSA) is 146 Å². The summed E-state index contributed by atoms with van der Waals surface area (Å²) in [4.78, 5) is 25.6. The molecule has 0 radical (unpaired) electrons. The van der Waals surface area contributed by atoms with E-state index in [0.29, 0.717) is 19.1 Å². The van der Waals surface area contributed by atoms with Crippen LogP contribution in [0.5, 0.6) is 11.5 Å². The first kappa shape index (κ1) is 27.5. The molecule has 9 heteroatoms. The molecule has 35 heavy (non-hydrogen) atoms. The van der Waals surface area contributed by atoms with Gasteiger partial charge in [-0.15, -0.1) is 0 Å². The number of aliphatic hydroxyl groups excluding tert-OH is 2. The summed E-state index contributed by atoms with van der Waals surface area (Å²) in [5, 5.41) is 43.0. The van der Waals surface area contributed by atoms with Crippen molar-refractivity contribution in [3.8, 4) is 11.5 Å². The molecule has 0 aliphatic carbocycles. The van der Waals surface area contributed by atoms with Gasteiger partial charge in [-0.3, -0.25) is 9.59 Å².